The van der Waals surface area contributed by atoms with Gasteiger partial charge in [-0.1, -0.05) is 42.0 Å². The lowest BCUT2D eigenvalue weighted by Crippen LogP contribution is -2.26. The van der Waals surface area contributed by atoms with Crippen molar-refractivity contribution in [3.05, 3.63) is 76.1 Å². The topological polar surface area (TPSA) is 63.1 Å². The third-order valence-electron chi connectivity index (χ3n) is 5.72. The highest BCUT2D eigenvalue weighted by atomic mass is 16.2. The number of benzene rings is 2. The molecular formula is C24H29N5O. The smallest absolute Gasteiger partial charge is 0.274 e. The first-order valence-corrected chi connectivity index (χ1v) is 10.6. The lowest BCUT2D eigenvalue weighted by Gasteiger charge is -2.17. The molecule has 0 radical (unpaired) electrons. The summed E-state index contributed by atoms with van der Waals surface area (Å²) in [6, 6.07) is 14.4. The van der Waals surface area contributed by atoms with Gasteiger partial charge in [-0.25, -0.2) is 0 Å². The number of carbonyl (C=O) groups is 1. The van der Waals surface area contributed by atoms with Gasteiger partial charge in [0.25, 0.3) is 5.91 Å². The molecule has 0 saturated carbocycles. The number of carbonyl (C=O) groups excluding carboxylic acids is 1. The summed E-state index contributed by atoms with van der Waals surface area (Å²) < 4.78 is 0. The maximum absolute atomic E-state index is 12.8. The quantitative estimate of drug-likeness (QED) is 0.681. The van der Waals surface area contributed by atoms with E-state index in [0.29, 0.717) is 17.9 Å². The summed E-state index contributed by atoms with van der Waals surface area (Å²) in [7, 11) is 0. The second-order valence-corrected chi connectivity index (χ2v) is 8.15. The van der Waals surface area contributed by atoms with Crippen LogP contribution in [0, 0.1) is 20.8 Å². The minimum atomic E-state index is -0.195. The van der Waals surface area contributed by atoms with Crippen molar-refractivity contribution in [1.82, 2.24) is 25.2 Å². The van der Waals surface area contributed by atoms with Crippen LogP contribution in [0.25, 0.3) is 5.69 Å². The van der Waals surface area contributed by atoms with Crippen molar-refractivity contribution in [1.29, 1.82) is 0 Å². The Morgan fingerprint density at radius 1 is 1.00 bits per heavy atom. The zero-order valence-corrected chi connectivity index (χ0v) is 18.0. The van der Waals surface area contributed by atoms with Crippen molar-refractivity contribution < 1.29 is 4.79 Å². The molecule has 30 heavy (non-hydrogen) atoms. The van der Waals surface area contributed by atoms with E-state index < -0.39 is 0 Å². The maximum Gasteiger partial charge on any atom is 0.274 e. The molecule has 0 atom stereocenters. The summed E-state index contributed by atoms with van der Waals surface area (Å²) in [6.07, 6.45) is 2.54. The number of hydrogen-bond donors (Lipinski definition) is 1. The second-order valence-electron chi connectivity index (χ2n) is 8.15. The Morgan fingerprint density at radius 2 is 1.73 bits per heavy atom. The fourth-order valence-electron chi connectivity index (χ4n) is 4.05. The van der Waals surface area contributed by atoms with Crippen molar-refractivity contribution in [2.24, 2.45) is 0 Å². The molecule has 1 N–H and O–H groups in total. The Kier molecular flexibility index (Phi) is 5.95. The van der Waals surface area contributed by atoms with E-state index in [-0.39, 0.29) is 5.91 Å². The van der Waals surface area contributed by atoms with Gasteiger partial charge in [0.15, 0.2) is 5.69 Å². The van der Waals surface area contributed by atoms with Crippen molar-refractivity contribution in [2.75, 3.05) is 13.1 Å². The number of likely N-dealkylation sites (tertiary alicyclic amines) is 1. The highest BCUT2D eigenvalue weighted by Crippen LogP contribution is 2.17. The number of nitrogens with zero attached hydrogens (tertiary/aromatic N) is 4. The van der Waals surface area contributed by atoms with Crippen LogP contribution in [0.15, 0.2) is 42.5 Å². The molecule has 156 valence electrons. The third-order valence-corrected chi connectivity index (χ3v) is 5.72. The Hall–Kier alpha value is -2.99. The van der Waals surface area contributed by atoms with Crippen molar-refractivity contribution in [2.45, 2.75) is 46.7 Å². The largest absolute Gasteiger partial charge is 0.346 e. The van der Waals surface area contributed by atoms with E-state index in [4.69, 9.17) is 0 Å². The number of nitrogens with one attached hydrogen (secondary N) is 1. The van der Waals surface area contributed by atoms with Gasteiger partial charge in [0, 0.05) is 13.1 Å². The monoisotopic (exact) mass is 403 g/mol. The molecule has 0 bridgehead atoms. The lowest BCUT2D eigenvalue weighted by molar-refractivity contribution is 0.0944. The average Bonchev–Trinajstić information content (AvgIpc) is 3.37. The SMILES string of the molecule is Cc1ccc(-n2nc(C)c(C(=O)NCc3ccccc3CN3CCCC3)n2)c(C)c1. The zero-order valence-electron chi connectivity index (χ0n) is 18.0. The molecule has 1 aliphatic heterocycles. The first kappa shape index (κ1) is 20.3. The van der Waals surface area contributed by atoms with E-state index in [2.05, 4.69) is 51.6 Å². The molecule has 4 rings (SSSR count). The van der Waals surface area contributed by atoms with Crippen LogP contribution < -0.4 is 5.32 Å². The molecule has 2 heterocycles. The molecule has 0 aliphatic carbocycles. The minimum Gasteiger partial charge on any atom is -0.346 e. The van der Waals surface area contributed by atoms with Gasteiger partial charge in [0.1, 0.15) is 0 Å². The van der Waals surface area contributed by atoms with Gasteiger partial charge in [-0.05, 0) is 69.5 Å². The Morgan fingerprint density at radius 3 is 2.47 bits per heavy atom. The van der Waals surface area contributed by atoms with Crippen LogP contribution >= 0.6 is 0 Å². The van der Waals surface area contributed by atoms with Crippen LogP contribution in [0.3, 0.4) is 0 Å². The number of rotatable bonds is 6. The van der Waals surface area contributed by atoms with E-state index >= 15 is 0 Å². The predicted molar refractivity (Wildman–Crippen MR) is 118 cm³/mol. The molecule has 1 amide bonds. The fourth-order valence-corrected chi connectivity index (χ4v) is 4.05. The van der Waals surface area contributed by atoms with Gasteiger partial charge < -0.3 is 5.32 Å². The molecule has 1 fully saturated rings. The van der Waals surface area contributed by atoms with Gasteiger partial charge in [0.2, 0.25) is 0 Å². The molecule has 6 nitrogen and oxygen atoms in total. The number of hydrogen-bond acceptors (Lipinski definition) is 4. The van der Waals surface area contributed by atoms with Crippen molar-refractivity contribution in [3.8, 4) is 5.69 Å². The van der Waals surface area contributed by atoms with E-state index in [0.717, 1.165) is 36.4 Å². The van der Waals surface area contributed by atoms with Crippen molar-refractivity contribution in [3.63, 3.8) is 0 Å². The van der Waals surface area contributed by atoms with Crippen LogP contribution in [0.1, 0.15) is 51.3 Å². The summed E-state index contributed by atoms with van der Waals surface area (Å²) in [5.41, 5.74) is 6.56. The fraction of sp³-hybridized carbons (Fsp3) is 0.375. The molecule has 1 saturated heterocycles. The molecular weight excluding hydrogens is 374 g/mol. The maximum atomic E-state index is 12.8. The first-order chi connectivity index (χ1) is 14.5. The van der Waals surface area contributed by atoms with Gasteiger partial charge in [-0.15, -0.1) is 5.10 Å². The second kappa shape index (κ2) is 8.79. The normalized spacial score (nSPS) is 14.2. The molecule has 0 spiro atoms. The summed E-state index contributed by atoms with van der Waals surface area (Å²) in [6.45, 7) is 9.63. The van der Waals surface area contributed by atoms with Gasteiger partial charge >= 0.3 is 0 Å². The minimum absolute atomic E-state index is 0.195. The molecule has 0 unspecified atom stereocenters. The van der Waals surface area contributed by atoms with Crippen LogP contribution in [-0.2, 0) is 13.1 Å². The predicted octanol–water partition coefficient (Wildman–Crippen LogP) is 3.72. The highest BCUT2D eigenvalue weighted by molar-refractivity contribution is 5.93. The van der Waals surface area contributed by atoms with Crippen LogP contribution in [0.2, 0.25) is 0 Å². The summed E-state index contributed by atoms with van der Waals surface area (Å²) >= 11 is 0. The third kappa shape index (κ3) is 4.44. The first-order valence-electron chi connectivity index (χ1n) is 10.6. The van der Waals surface area contributed by atoms with Gasteiger partial charge in [0.05, 0.1) is 11.4 Å². The molecule has 3 aromatic rings. The number of aryl methyl sites for hydroxylation is 3. The Bertz CT molecular complexity index is 1050. The van der Waals surface area contributed by atoms with E-state index in [1.807, 2.05) is 32.0 Å². The molecule has 2 aromatic carbocycles. The average molecular weight is 404 g/mol. The summed E-state index contributed by atoms with van der Waals surface area (Å²) in [5, 5.41) is 12.0. The summed E-state index contributed by atoms with van der Waals surface area (Å²) in [5.74, 6) is -0.195. The Balaban J connectivity index is 1.47. The van der Waals surface area contributed by atoms with Gasteiger partial charge in [-0.3, -0.25) is 9.69 Å². The van der Waals surface area contributed by atoms with Crippen molar-refractivity contribution >= 4 is 5.91 Å². The highest BCUT2D eigenvalue weighted by Gasteiger charge is 2.18. The van der Waals surface area contributed by atoms with E-state index in [1.54, 1.807) is 4.80 Å². The van der Waals surface area contributed by atoms with E-state index in [1.165, 1.54) is 24.0 Å². The molecule has 1 aliphatic rings. The Labute approximate surface area is 177 Å². The standard InChI is InChI=1S/C24H29N5O/c1-17-10-11-22(18(2)14-17)29-26-19(3)23(27-29)24(30)25-15-20-8-4-5-9-21(20)16-28-12-6-7-13-28/h4-5,8-11,14H,6-7,12-13,15-16H2,1-3H3,(H,25,30). The zero-order chi connectivity index (χ0) is 21.1. The van der Waals surface area contributed by atoms with E-state index in [9.17, 15) is 4.79 Å². The van der Waals surface area contributed by atoms with Crippen LogP contribution in [0.4, 0.5) is 0 Å². The van der Waals surface area contributed by atoms with Crippen LogP contribution in [0.5, 0.6) is 0 Å². The summed E-state index contributed by atoms with van der Waals surface area (Å²) in [4.78, 5) is 16.9. The molecule has 6 heteroatoms. The van der Waals surface area contributed by atoms with Gasteiger partial charge in [-0.2, -0.15) is 9.90 Å². The lowest BCUT2D eigenvalue weighted by atomic mass is 10.1. The number of amides is 1. The number of aromatic nitrogens is 3. The molecule has 1 aromatic heterocycles. The van der Waals surface area contributed by atoms with Crippen LogP contribution in [-0.4, -0.2) is 38.9 Å².